The van der Waals surface area contributed by atoms with Crippen molar-refractivity contribution in [1.29, 1.82) is 0 Å². The van der Waals surface area contributed by atoms with E-state index in [1.54, 1.807) is 7.11 Å². The zero-order valence-electron chi connectivity index (χ0n) is 19.2. The van der Waals surface area contributed by atoms with Gasteiger partial charge in [0.05, 0.1) is 39.6 Å². The van der Waals surface area contributed by atoms with E-state index >= 15 is 0 Å². The maximum atomic E-state index is 5.75. The van der Waals surface area contributed by atoms with Crippen molar-refractivity contribution >= 4 is 5.96 Å². The Labute approximate surface area is 178 Å². The zero-order valence-corrected chi connectivity index (χ0v) is 19.2. The maximum absolute atomic E-state index is 5.75. The highest BCUT2D eigenvalue weighted by molar-refractivity contribution is 5.80. The van der Waals surface area contributed by atoms with Crippen LogP contribution >= 0.6 is 0 Å². The average Bonchev–Trinajstić information content (AvgIpc) is 3.22. The second kappa shape index (κ2) is 14.2. The van der Waals surface area contributed by atoms with Crippen LogP contribution in [0.4, 0.5) is 0 Å². The van der Waals surface area contributed by atoms with E-state index in [0.29, 0.717) is 31.1 Å². The van der Waals surface area contributed by atoms with Crippen LogP contribution in [0.25, 0.3) is 0 Å². The van der Waals surface area contributed by atoms with Crippen molar-refractivity contribution in [3.05, 3.63) is 0 Å². The van der Waals surface area contributed by atoms with Crippen LogP contribution in [0.2, 0.25) is 0 Å². The van der Waals surface area contributed by atoms with Gasteiger partial charge in [-0.05, 0) is 19.3 Å². The fourth-order valence-corrected chi connectivity index (χ4v) is 4.46. The summed E-state index contributed by atoms with van der Waals surface area (Å²) in [5, 5.41) is 3.53. The molecule has 0 saturated carbocycles. The number of nitrogens with zero attached hydrogens (tertiary/aromatic N) is 3. The Morgan fingerprint density at radius 1 is 1.14 bits per heavy atom. The molecule has 0 aromatic carbocycles. The van der Waals surface area contributed by atoms with Crippen LogP contribution in [-0.4, -0.2) is 101 Å². The third-order valence-electron chi connectivity index (χ3n) is 6.24. The Hall–Kier alpha value is -0.890. The first-order valence-corrected chi connectivity index (χ1v) is 11.6. The van der Waals surface area contributed by atoms with Gasteiger partial charge in [-0.25, -0.2) is 0 Å². The molecule has 2 fully saturated rings. The van der Waals surface area contributed by atoms with Gasteiger partial charge in [0.1, 0.15) is 0 Å². The summed E-state index contributed by atoms with van der Waals surface area (Å²) in [7, 11) is 1.71. The van der Waals surface area contributed by atoms with Crippen molar-refractivity contribution in [2.45, 2.75) is 46.1 Å². The van der Waals surface area contributed by atoms with Crippen LogP contribution in [0.15, 0.2) is 4.99 Å². The lowest BCUT2D eigenvalue weighted by atomic mass is 9.92. The molecule has 0 aliphatic carbocycles. The SMILES string of the molecule is CCNC(=NCC(C(CC)CC)N1CCOCC1)N1CCC(COCCOC)C1. The lowest BCUT2D eigenvalue weighted by molar-refractivity contribution is 0.00391. The lowest BCUT2D eigenvalue weighted by Crippen LogP contribution is -2.49. The fourth-order valence-electron chi connectivity index (χ4n) is 4.46. The first-order chi connectivity index (χ1) is 14.2. The molecule has 2 rings (SSSR count). The Morgan fingerprint density at radius 3 is 2.55 bits per heavy atom. The predicted molar refractivity (Wildman–Crippen MR) is 119 cm³/mol. The molecule has 7 nitrogen and oxygen atoms in total. The topological polar surface area (TPSA) is 58.6 Å². The number of likely N-dealkylation sites (tertiary alicyclic amines) is 1. The van der Waals surface area contributed by atoms with Gasteiger partial charge in [0, 0.05) is 51.8 Å². The molecule has 2 heterocycles. The average molecular weight is 413 g/mol. The summed E-state index contributed by atoms with van der Waals surface area (Å²) >= 11 is 0. The van der Waals surface area contributed by atoms with E-state index in [9.17, 15) is 0 Å². The number of aliphatic imine (C=N–C) groups is 1. The van der Waals surface area contributed by atoms with Crippen LogP contribution in [-0.2, 0) is 14.2 Å². The van der Waals surface area contributed by atoms with E-state index in [1.807, 2.05) is 0 Å². The number of methoxy groups -OCH3 is 1. The molecule has 0 bridgehead atoms. The number of morpholine rings is 1. The molecule has 2 saturated heterocycles. The molecule has 0 spiro atoms. The smallest absolute Gasteiger partial charge is 0.193 e. The second-order valence-corrected chi connectivity index (χ2v) is 8.16. The van der Waals surface area contributed by atoms with E-state index in [2.05, 4.69) is 35.9 Å². The monoisotopic (exact) mass is 412 g/mol. The molecule has 0 radical (unpaired) electrons. The third kappa shape index (κ3) is 8.04. The summed E-state index contributed by atoms with van der Waals surface area (Å²) in [6.07, 6.45) is 3.57. The molecule has 7 heteroatoms. The van der Waals surface area contributed by atoms with Crippen LogP contribution in [0.5, 0.6) is 0 Å². The molecular weight excluding hydrogens is 368 g/mol. The minimum absolute atomic E-state index is 0.498. The van der Waals surface area contributed by atoms with E-state index in [1.165, 1.54) is 12.8 Å². The van der Waals surface area contributed by atoms with Gasteiger partial charge in [-0.3, -0.25) is 9.89 Å². The van der Waals surface area contributed by atoms with E-state index in [-0.39, 0.29) is 0 Å². The van der Waals surface area contributed by atoms with Crippen molar-refractivity contribution in [3.8, 4) is 0 Å². The Morgan fingerprint density at radius 2 is 1.90 bits per heavy atom. The van der Waals surface area contributed by atoms with E-state index < -0.39 is 0 Å². The van der Waals surface area contributed by atoms with Gasteiger partial charge in [0.2, 0.25) is 0 Å². The van der Waals surface area contributed by atoms with Crippen molar-refractivity contribution in [3.63, 3.8) is 0 Å². The fraction of sp³-hybridized carbons (Fsp3) is 0.955. The van der Waals surface area contributed by atoms with Crippen LogP contribution in [0, 0.1) is 11.8 Å². The van der Waals surface area contributed by atoms with Crippen LogP contribution in [0.3, 0.4) is 0 Å². The third-order valence-corrected chi connectivity index (χ3v) is 6.24. The highest BCUT2D eigenvalue weighted by atomic mass is 16.5. The number of nitrogens with one attached hydrogen (secondary N) is 1. The molecule has 2 aliphatic rings. The second-order valence-electron chi connectivity index (χ2n) is 8.16. The Bertz CT molecular complexity index is 453. The number of rotatable bonds is 12. The van der Waals surface area contributed by atoms with Crippen LogP contribution in [0.1, 0.15) is 40.0 Å². The molecule has 0 amide bonds. The minimum atomic E-state index is 0.498. The summed E-state index contributed by atoms with van der Waals surface area (Å²) < 4.78 is 16.4. The first-order valence-electron chi connectivity index (χ1n) is 11.6. The van der Waals surface area contributed by atoms with Crippen molar-refractivity contribution in [1.82, 2.24) is 15.1 Å². The number of hydrogen-bond donors (Lipinski definition) is 1. The molecule has 2 unspecified atom stereocenters. The highest BCUT2D eigenvalue weighted by Crippen LogP contribution is 2.21. The van der Waals surface area contributed by atoms with Gasteiger partial charge in [0.25, 0.3) is 0 Å². The number of hydrogen-bond acceptors (Lipinski definition) is 5. The lowest BCUT2D eigenvalue weighted by Gasteiger charge is -2.38. The summed E-state index contributed by atoms with van der Waals surface area (Å²) in [4.78, 5) is 10.1. The van der Waals surface area contributed by atoms with Gasteiger partial charge >= 0.3 is 0 Å². The van der Waals surface area contributed by atoms with E-state index in [0.717, 1.165) is 71.5 Å². The molecule has 0 aromatic heterocycles. The maximum Gasteiger partial charge on any atom is 0.193 e. The van der Waals surface area contributed by atoms with Gasteiger partial charge in [0.15, 0.2) is 5.96 Å². The zero-order chi connectivity index (χ0) is 20.9. The van der Waals surface area contributed by atoms with Crippen molar-refractivity contribution in [2.75, 3.05) is 79.4 Å². The minimum Gasteiger partial charge on any atom is -0.382 e. The molecule has 2 aliphatic heterocycles. The highest BCUT2D eigenvalue weighted by Gasteiger charge is 2.28. The summed E-state index contributed by atoms with van der Waals surface area (Å²) in [5.74, 6) is 2.32. The largest absolute Gasteiger partial charge is 0.382 e. The molecule has 29 heavy (non-hydrogen) atoms. The standard InChI is InChI=1S/C22H44N4O3/c1-5-20(6-2)21(25-10-12-28-13-11-25)16-24-22(23-7-3)26-9-8-19(17-26)18-29-15-14-27-4/h19-21H,5-18H2,1-4H3,(H,23,24). The Balaban J connectivity index is 1.96. The van der Waals surface area contributed by atoms with Gasteiger partial charge < -0.3 is 24.4 Å². The molecule has 170 valence electrons. The molecule has 2 atom stereocenters. The molecule has 1 N–H and O–H groups in total. The molecule has 0 aromatic rings. The summed E-state index contributed by atoms with van der Waals surface area (Å²) in [6, 6.07) is 0.498. The van der Waals surface area contributed by atoms with Gasteiger partial charge in [-0.15, -0.1) is 0 Å². The van der Waals surface area contributed by atoms with Gasteiger partial charge in [-0.1, -0.05) is 26.7 Å². The quantitative estimate of drug-likeness (QED) is 0.301. The number of guanidine groups is 1. The number of ether oxygens (including phenoxy) is 3. The van der Waals surface area contributed by atoms with Gasteiger partial charge in [-0.2, -0.15) is 0 Å². The summed E-state index contributed by atoms with van der Waals surface area (Å²) in [5.41, 5.74) is 0. The summed E-state index contributed by atoms with van der Waals surface area (Å²) in [6.45, 7) is 16.5. The first kappa shape index (κ1) is 24.4. The normalized spacial score (nSPS) is 22.4. The van der Waals surface area contributed by atoms with Crippen molar-refractivity contribution in [2.24, 2.45) is 16.8 Å². The van der Waals surface area contributed by atoms with Crippen LogP contribution < -0.4 is 5.32 Å². The van der Waals surface area contributed by atoms with E-state index in [4.69, 9.17) is 19.2 Å². The Kier molecular flexibility index (Phi) is 11.9. The molecular formula is C22H44N4O3. The van der Waals surface area contributed by atoms with Crippen molar-refractivity contribution < 1.29 is 14.2 Å². The predicted octanol–water partition coefficient (Wildman–Crippen LogP) is 2.07.